The molecule has 0 atom stereocenters. The van der Waals surface area contributed by atoms with Gasteiger partial charge in [-0.2, -0.15) is 10.2 Å². The third-order valence-electron chi connectivity index (χ3n) is 9.45. The van der Waals surface area contributed by atoms with Crippen molar-refractivity contribution >= 4 is 46.3 Å². The van der Waals surface area contributed by atoms with Crippen LogP contribution in [-0.4, -0.2) is 43.8 Å². The van der Waals surface area contributed by atoms with Crippen LogP contribution in [0.4, 0.5) is 0 Å². The summed E-state index contributed by atoms with van der Waals surface area (Å²) in [6.07, 6.45) is 7.46. The van der Waals surface area contributed by atoms with Crippen LogP contribution in [-0.2, 0) is 57.1 Å². The molecule has 11 heteroatoms. The van der Waals surface area contributed by atoms with Gasteiger partial charge in [0.1, 0.15) is 11.4 Å². The molecule has 5 aromatic rings. The Morgan fingerprint density at radius 2 is 1.90 bits per heavy atom. The van der Waals surface area contributed by atoms with E-state index in [4.69, 9.17) is 31.3 Å². The Kier molecular flexibility index (Phi) is 11.1. The number of hydrogen-bond acceptors (Lipinski definition) is 7. The third kappa shape index (κ3) is 6.73. The molecule has 7 rings (SSSR count). The number of fused-ring (bicyclic) bond motifs is 8. The largest absolute Gasteiger partial charge is 0.493 e. The molecule has 0 saturated carbocycles. The second kappa shape index (κ2) is 15.5. The van der Waals surface area contributed by atoms with Crippen molar-refractivity contribution in [1.82, 2.24) is 29.4 Å². The van der Waals surface area contributed by atoms with Crippen molar-refractivity contribution in [2.45, 2.75) is 83.7 Å². The number of nitrogens with one attached hydrogen (secondary N) is 1. The number of rotatable bonds is 2. The van der Waals surface area contributed by atoms with Crippen LogP contribution in [0.2, 0.25) is 5.02 Å². The van der Waals surface area contributed by atoms with E-state index < -0.39 is 0 Å². The number of allylic oxidation sites excluding steroid dienone is 1. The van der Waals surface area contributed by atoms with Gasteiger partial charge in [0.2, 0.25) is 0 Å². The maximum atomic E-state index is 13.4. The van der Waals surface area contributed by atoms with Gasteiger partial charge < -0.3 is 19.4 Å². The maximum absolute atomic E-state index is 13.4. The molecule has 0 radical (unpaired) electrons. The Hall–Kier alpha value is -3.99. The zero-order valence-electron chi connectivity index (χ0n) is 30.2. The van der Waals surface area contributed by atoms with E-state index >= 15 is 0 Å². The summed E-state index contributed by atoms with van der Waals surface area (Å²) in [5.74, 6) is 1.28. The number of methoxy groups -OCH3 is 1. The van der Waals surface area contributed by atoms with E-state index in [2.05, 4.69) is 41.2 Å². The second-order valence-corrected chi connectivity index (χ2v) is 14.0. The second-order valence-electron chi connectivity index (χ2n) is 12.5. The number of ether oxygens (including phenoxy) is 2. The van der Waals surface area contributed by atoms with Gasteiger partial charge >= 0.3 is 5.97 Å². The van der Waals surface area contributed by atoms with Crippen molar-refractivity contribution in [3.8, 4) is 16.9 Å². The lowest BCUT2D eigenvalue weighted by Crippen LogP contribution is -2.15. The van der Waals surface area contributed by atoms with Gasteiger partial charge in [-0.3, -0.25) is 9.36 Å². The summed E-state index contributed by atoms with van der Waals surface area (Å²) in [4.78, 5) is 14.5. The molecule has 8 bridgehead atoms. The van der Waals surface area contributed by atoms with E-state index in [1.807, 2.05) is 62.3 Å². The summed E-state index contributed by atoms with van der Waals surface area (Å²) in [5, 5.41) is 15.1. The molecule has 0 unspecified atom stereocenters. The molecule has 0 saturated heterocycles. The van der Waals surface area contributed by atoms with E-state index in [0.717, 1.165) is 91.6 Å². The first-order valence-corrected chi connectivity index (χ1v) is 18.9. The lowest BCUT2D eigenvalue weighted by atomic mass is 9.97. The lowest BCUT2D eigenvalue weighted by Gasteiger charge is -2.14. The molecule has 264 valence electrons. The number of esters is 1. The Balaban J connectivity index is 0.00000212. The summed E-state index contributed by atoms with van der Waals surface area (Å²) in [5.41, 5.74) is 10.9. The predicted octanol–water partition coefficient (Wildman–Crippen LogP) is 8.44. The molecule has 0 aliphatic carbocycles. The molecule has 50 heavy (non-hydrogen) atoms. The van der Waals surface area contributed by atoms with E-state index in [1.54, 1.807) is 11.8 Å². The molecule has 0 amide bonds. The number of benzene rings is 2. The molecule has 2 aliphatic heterocycles. The first-order valence-electron chi connectivity index (χ1n) is 17.5. The van der Waals surface area contributed by atoms with E-state index in [0.29, 0.717) is 43.3 Å². The zero-order chi connectivity index (χ0) is 35.5. The smallest absolute Gasteiger partial charge is 0.354 e. The van der Waals surface area contributed by atoms with Crippen LogP contribution in [0.3, 0.4) is 0 Å². The molecule has 0 spiro atoms. The number of hydrogen-bond donors (Lipinski definition) is 1. The highest BCUT2D eigenvalue weighted by Crippen LogP contribution is 2.43. The first kappa shape index (κ1) is 35.8. The molecule has 0 fully saturated rings. The number of halogens is 1. The normalized spacial score (nSPS) is 14.9. The standard InChI is InChI=1S/C37H41ClN6O3S.C2H6/c1-6-9-26-22(2)16-25-18-32(26)47-15-8-10-27-28-12-13-29(38)33(35(28)42(3)36(27)37(45)46-5)34-30(41-44-14-7-11-31(34)44)20-39-19-23-17-24(21-48-25)43(4)40-23;1-2/h6,9,12-13,16-18,39H,7-8,10-11,14-15,19-21H2,1-5H3;1-2H3/b9-6-;. The van der Waals surface area contributed by atoms with Crippen LogP contribution in [0, 0.1) is 6.92 Å². The van der Waals surface area contributed by atoms with Gasteiger partial charge in [-0.25, -0.2) is 4.79 Å². The minimum absolute atomic E-state index is 0.367. The van der Waals surface area contributed by atoms with Crippen molar-refractivity contribution in [2.75, 3.05) is 13.7 Å². The highest BCUT2D eigenvalue weighted by atomic mass is 35.5. The van der Waals surface area contributed by atoms with Crippen molar-refractivity contribution in [1.29, 1.82) is 0 Å². The maximum Gasteiger partial charge on any atom is 0.354 e. The minimum Gasteiger partial charge on any atom is -0.493 e. The van der Waals surface area contributed by atoms with Crippen molar-refractivity contribution in [3.63, 3.8) is 0 Å². The summed E-state index contributed by atoms with van der Waals surface area (Å²) in [6.45, 7) is 10.7. The van der Waals surface area contributed by atoms with Crippen LogP contribution in [0.1, 0.15) is 83.6 Å². The molecule has 9 nitrogen and oxygen atoms in total. The molecule has 1 N–H and O–H groups in total. The van der Waals surface area contributed by atoms with Gasteiger partial charge in [-0.05, 0) is 74.9 Å². The highest BCUT2D eigenvalue weighted by Gasteiger charge is 2.30. The number of nitrogens with zero attached hydrogens (tertiary/aromatic N) is 5. The van der Waals surface area contributed by atoms with Gasteiger partial charge in [0, 0.05) is 77.8 Å². The van der Waals surface area contributed by atoms with Gasteiger partial charge in [0.15, 0.2) is 0 Å². The highest BCUT2D eigenvalue weighted by molar-refractivity contribution is 7.98. The monoisotopic (exact) mass is 714 g/mol. The number of aryl methyl sites for hydroxylation is 5. The Morgan fingerprint density at radius 1 is 1.08 bits per heavy atom. The summed E-state index contributed by atoms with van der Waals surface area (Å²) < 4.78 is 17.9. The Labute approximate surface area is 304 Å². The summed E-state index contributed by atoms with van der Waals surface area (Å²) in [6, 6.07) is 10.5. The van der Waals surface area contributed by atoms with Gasteiger partial charge in [-0.15, -0.1) is 11.8 Å². The van der Waals surface area contributed by atoms with E-state index in [-0.39, 0.29) is 5.97 Å². The predicted molar refractivity (Wildman–Crippen MR) is 203 cm³/mol. The fourth-order valence-corrected chi connectivity index (χ4v) is 8.54. The molecule has 2 aliphatic rings. The van der Waals surface area contributed by atoms with Crippen LogP contribution in [0.25, 0.3) is 28.1 Å². The lowest BCUT2D eigenvalue weighted by molar-refractivity contribution is 0.0589. The van der Waals surface area contributed by atoms with Crippen molar-refractivity contribution < 1.29 is 14.3 Å². The summed E-state index contributed by atoms with van der Waals surface area (Å²) in [7, 11) is 5.37. The number of carbonyl (C=O) groups is 1. The van der Waals surface area contributed by atoms with Crippen LogP contribution >= 0.6 is 23.4 Å². The SMILES string of the molecule is C/C=C\c1c(C)cc2cc1OCCCc1c(C(=O)OC)n(C)c3c(c(Cl)ccc13)-c1c(nn3c1CCC3)CNCc1cc(n(C)n1)CS2.CC. The Bertz CT molecular complexity index is 2070. The van der Waals surface area contributed by atoms with Crippen LogP contribution < -0.4 is 10.1 Å². The first-order chi connectivity index (χ1) is 24.3. The van der Waals surface area contributed by atoms with E-state index in [9.17, 15) is 4.79 Å². The summed E-state index contributed by atoms with van der Waals surface area (Å²) >= 11 is 8.89. The van der Waals surface area contributed by atoms with Gasteiger partial charge in [0.25, 0.3) is 0 Å². The number of thioether (sulfide) groups is 1. The average Bonchev–Trinajstić information content (AvgIpc) is 3.86. The van der Waals surface area contributed by atoms with Crippen molar-refractivity contribution in [3.05, 3.63) is 86.6 Å². The van der Waals surface area contributed by atoms with Gasteiger partial charge in [-0.1, -0.05) is 43.7 Å². The van der Waals surface area contributed by atoms with Crippen LogP contribution in [0.15, 0.2) is 41.3 Å². The molecule has 3 aromatic heterocycles. The third-order valence-corrected chi connectivity index (χ3v) is 10.8. The van der Waals surface area contributed by atoms with Gasteiger partial charge in [0.05, 0.1) is 35.6 Å². The Morgan fingerprint density at radius 3 is 2.68 bits per heavy atom. The van der Waals surface area contributed by atoms with Crippen molar-refractivity contribution in [2.24, 2.45) is 14.1 Å². The molecule has 5 heterocycles. The minimum atomic E-state index is -0.367. The topological polar surface area (TPSA) is 88.1 Å². The zero-order valence-corrected chi connectivity index (χ0v) is 31.7. The average molecular weight is 715 g/mol. The molecular formula is C39H47ClN6O3S. The fraction of sp³-hybridized carbons (Fsp3) is 0.410. The molecular weight excluding hydrogens is 668 g/mol. The molecule has 2 aromatic carbocycles. The quantitative estimate of drug-likeness (QED) is 0.184. The van der Waals surface area contributed by atoms with Crippen LogP contribution in [0.5, 0.6) is 5.75 Å². The van der Waals surface area contributed by atoms with E-state index in [1.165, 1.54) is 12.8 Å². The number of carbonyl (C=O) groups excluding carboxylic acids is 1. The fourth-order valence-electron chi connectivity index (χ4n) is 7.25. The number of aromatic nitrogens is 5.